The molecular weight excluding hydrogens is 328 g/mol. The van der Waals surface area contributed by atoms with Gasteiger partial charge in [0.15, 0.2) is 0 Å². The number of thiophene rings is 1. The van der Waals surface area contributed by atoms with Gasteiger partial charge in [-0.1, -0.05) is 36.4 Å². The molecule has 1 unspecified atom stereocenters. The molecule has 0 saturated carbocycles. The number of sulfonamides is 1. The lowest BCUT2D eigenvalue weighted by atomic mass is 10.0. The van der Waals surface area contributed by atoms with Crippen LogP contribution in [-0.4, -0.2) is 13.4 Å². The van der Waals surface area contributed by atoms with Crippen molar-refractivity contribution in [3.05, 3.63) is 83.0 Å². The number of aromatic nitrogens is 1. The van der Waals surface area contributed by atoms with Crippen molar-refractivity contribution < 1.29 is 8.42 Å². The first kappa shape index (κ1) is 15.9. The Hall–Kier alpha value is -2.02. The Morgan fingerprint density at radius 2 is 1.74 bits per heavy atom. The largest absolute Gasteiger partial charge is 0.259 e. The molecule has 0 aliphatic heterocycles. The van der Waals surface area contributed by atoms with Crippen molar-refractivity contribution in [2.75, 3.05) is 0 Å². The maximum Gasteiger partial charge on any atom is 0.250 e. The number of benzene rings is 1. The van der Waals surface area contributed by atoms with Gasteiger partial charge in [-0.2, -0.15) is 4.72 Å². The molecule has 118 valence electrons. The Morgan fingerprint density at radius 3 is 2.35 bits per heavy atom. The van der Waals surface area contributed by atoms with E-state index in [1.54, 1.807) is 18.3 Å². The first-order valence-corrected chi connectivity index (χ1v) is 9.41. The normalized spacial score (nSPS) is 12.9. The number of pyridine rings is 1. The SMILES string of the molecule is Cc1ccc(S(=O)(=O)NC(c2ccccc2)c2ccccn2)s1. The highest BCUT2D eigenvalue weighted by atomic mass is 32.2. The van der Waals surface area contributed by atoms with Gasteiger partial charge in [0, 0.05) is 11.1 Å². The maximum atomic E-state index is 12.7. The van der Waals surface area contributed by atoms with Crippen LogP contribution in [0, 0.1) is 6.92 Å². The molecule has 23 heavy (non-hydrogen) atoms. The molecule has 0 amide bonds. The van der Waals surface area contributed by atoms with Crippen LogP contribution in [0.2, 0.25) is 0 Å². The minimum atomic E-state index is -3.61. The minimum Gasteiger partial charge on any atom is -0.259 e. The van der Waals surface area contributed by atoms with E-state index in [0.717, 1.165) is 10.4 Å². The molecule has 3 aromatic rings. The number of aryl methyl sites for hydroxylation is 1. The number of hydrogen-bond donors (Lipinski definition) is 1. The summed E-state index contributed by atoms with van der Waals surface area (Å²) in [5, 5.41) is 0. The quantitative estimate of drug-likeness (QED) is 0.770. The third kappa shape index (κ3) is 3.67. The zero-order valence-corrected chi connectivity index (χ0v) is 14.1. The van der Waals surface area contributed by atoms with Crippen molar-refractivity contribution in [3.8, 4) is 0 Å². The van der Waals surface area contributed by atoms with Crippen molar-refractivity contribution >= 4 is 21.4 Å². The molecule has 2 heterocycles. The molecule has 0 radical (unpaired) electrons. The second-order valence-corrected chi connectivity index (χ2v) is 8.31. The van der Waals surface area contributed by atoms with Gasteiger partial charge < -0.3 is 0 Å². The summed E-state index contributed by atoms with van der Waals surface area (Å²) in [6.07, 6.45) is 1.66. The third-order valence-corrected chi connectivity index (χ3v) is 6.29. The standard InChI is InChI=1S/C17H16N2O2S2/c1-13-10-11-16(22-13)23(20,21)19-17(14-7-3-2-4-8-14)15-9-5-6-12-18-15/h2-12,17,19H,1H3. The summed E-state index contributed by atoms with van der Waals surface area (Å²) in [5.41, 5.74) is 1.51. The van der Waals surface area contributed by atoms with Crippen LogP contribution in [-0.2, 0) is 10.0 Å². The molecule has 1 N–H and O–H groups in total. The predicted molar refractivity (Wildman–Crippen MR) is 91.9 cm³/mol. The van der Waals surface area contributed by atoms with Gasteiger partial charge in [0.2, 0.25) is 0 Å². The van der Waals surface area contributed by atoms with E-state index in [0.29, 0.717) is 9.90 Å². The molecular formula is C17H16N2O2S2. The Kier molecular flexibility index (Phi) is 4.56. The lowest BCUT2D eigenvalue weighted by molar-refractivity contribution is 0.572. The Balaban J connectivity index is 2.00. The fraction of sp³-hybridized carbons (Fsp3) is 0.118. The molecule has 4 nitrogen and oxygen atoms in total. The predicted octanol–water partition coefficient (Wildman–Crippen LogP) is 3.52. The van der Waals surface area contributed by atoms with E-state index in [-0.39, 0.29) is 0 Å². The maximum absolute atomic E-state index is 12.7. The fourth-order valence-electron chi connectivity index (χ4n) is 2.26. The number of nitrogens with zero attached hydrogens (tertiary/aromatic N) is 1. The molecule has 0 fully saturated rings. The smallest absolute Gasteiger partial charge is 0.250 e. The minimum absolute atomic E-state index is 0.312. The van der Waals surface area contributed by atoms with Crippen molar-refractivity contribution in [2.24, 2.45) is 0 Å². The summed E-state index contributed by atoms with van der Waals surface area (Å²) in [7, 11) is -3.61. The van der Waals surface area contributed by atoms with Crippen molar-refractivity contribution in [1.29, 1.82) is 0 Å². The zero-order valence-electron chi connectivity index (χ0n) is 12.5. The van der Waals surface area contributed by atoms with Gasteiger partial charge in [0.1, 0.15) is 4.21 Å². The summed E-state index contributed by atoms with van der Waals surface area (Å²) in [4.78, 5) is 5.27. The molecule has 0 bridgehead atoms. The second kappa shape index (κ2) is 6.62. The zero-order chi connectivity index (χ0) is 16.3. The first-order valence-electron chi connectivity index (χ1n) is 7.11. The number of nitrogens with one attached hydrogen (secondary N) is 1. The van der Waals surface area contributed by atoms with E-state index in [1.165, 1.54) is 11.3 Å². The molecule has 0 aliphatic carbocycles. The Bertz CT molecular complexity index is 836. The molecule has 1 atom stereocenters. The number of hydrogen-bond acceptors (Lipinski definition) is 4. The molecule has 6 heteroatoms. The van der Waals surface area contributed by atoms with Gasteiger partial charge in [-0.05, 0) is 36.8 Å². The van der Waals surface area contributed by atoms with Gasteiger partial charge >= 0.3 is 0 Å². The third-order valence-electron chi connectivity index (χ3n) is 3.37. The van der Waals surface area contributed by atoms with Crippen LogP contribution < -0.4 is 4.72 Å². The average molecular weight is 344 g/mol. The summed E-state index contributed by atoms with van der Waals surface area (Å²) in [6.45, 7) is 1.89. The van der Waals surface area contributed by atoms with E-state index < -0.39 is 16.1 Å². The summed E-state index contributed by atoms with van der Waals surface area (Å²) in [5.74, 6) is 0. The lowest BCUT2D eigenvalue weighted by Crippen LogP contribution is -2.29. The highest BCUT2D eigenvalue weighted by Gasteiger charge is 2.24. The van der Waals surface area contributed by atoms with E-state index in [4.69, 9.17) is 0 Å². The van der Waals surface area contributed by atoms with Crippen molar-refractivity contribution in [1.82, 2.24) is 9.71 Å². The summed E-state index contributed by atoms with van der Waals surface area (Å²) < 4.78 is 28.4. The van der Waals surface area contributed by atoms with Crippen LogP contribution in [0.5, 0.6) is 0 Å². The molecule has 3 rings (SSSR count). The Morgan fingerprint density at radius 1 is 1.00 bits per heavy atom. The first-order chi connectivity index (χ1) is 11.1. The molecule has 0 saturated heterocycles. The van der Waals surface area contributed by atoms with E-state index in [1.807, 2.05) is 55.5 Å². The molecule has 2 aromatic heterocycles. The molecule has 0 aliphatic rings. The fourth-order valence-corrected chi connectivity index (χ4v) is 4.76. The Labute approximate surface area is 139 Å². The van der Waals surface area contributed by atoms with Crippen LogP contribution in [0.1, 0.15) is 22.2 Å². The van der Waals surface area contributed by atoms with Crippen LogP contribution in [0.4, 0.5) is 0 Å². The molecule has 1 aromatic carbocycles. The van der Waals surface area contributed by atoms with E-state index in [2.05, 4.69) is 9.71 Å². The van der Waals surface area contributed by atoms with Crippen LogP contribution in [0.25, 0.3) is 0 Å². The van der Waals surface area contributed by atoms with Gasteiger partial charge in [0.05, 0.1) is 11.7 Å². The van der Waals surface area contributed by atoms with Crippen LogP contribution in [0.3, 0.4) is 0 Å². The van der Waals surface area contributed by atoms with Gasteiger partial charge in [-0.3, -0.25) is 4.98 Å². The molecule has 0 spiro atoms. The highest BCUT2D eigenvalue weighted by molar-refractivity contribution is 7.91. The average Bonchev–Trinajstić information content (AvgIpc) is 3.02. The second-order valence-electron chi connectivity index (χ2n) is 5.08. The number of rotatable bonds is 5. The van der Waals surface area contributed by atoms with Crippen LogP contribution in [0.15, 0.2) is 71.1 Å². The van der Waals surface area contributed by atoms with Crippen molar-refractivity contribution in [3.63, 3.8) is 0 Å². The van der Waals surface area contributed by atoms with Crippen LogP contribution >= 0.6 is 11.3 Å². The monoisotopic (exact) mass is 344 g/mol. The highest BCUT2D eigenvalue weighted by Crippen LogP contribution is 2.26. The van der Waals surface area contributed by atoms with Gasteiger partial charge in [-0.15, -0.1) is 11.3 Å². The van der Waals surface area contributed by atoms with E-state index in [9.17, 15) is 8.42 Å². The van der Waals surface area contributed by atoms with Gasteiger partial charge in [-0.25, -0.2) is 8.42 Å². The van der Waals surface area contributed by atoms with E-state index >= 15 is 0 Å². The topological polar surface area (TPSA) is 59.1 Å². The summed E-state index contributed by atoms with van der Waals surface area (Å²) in [6, 6.07) is 17.8. The van der Waals surface area contributed by atoms with Crippen molar-refractivity contribution in [2.45, 2.75) is 17.2 Å². The lowest BCUT2D eigenvalue weighted by Gasteiger charge is -2.18. The summed E-state index contributed by atoms with van der Waals surface area (Å²) >= 11 is 1.26. The van der Waals surface area contributed by atoms with Gasteiger partial charge in [0.25, 0.3) is 10.0 Å².